The van der Waals surface area contributed by atoms with Gasteiger partial charge in [-0.15, -0.1) is 0 Å². The summed E-state index contributed by atoms with van der Waals surface area (Å²) in [6, 6.07) is 9.04. The largest absolute Gasteiger partial charge is 0.477 e. The summed E-state index contributed by atoms with van der Waals surface area (Å²) in [6.45, 7) is 0. The molecule has 0 heterocycles. The van der Waals surface area contributed by atoms with Crippen molar-refractivity contribution in [2.75, 3.05) is 0 Å². The Morgan fingerprint density at radius 3 is 2.44 bits per heavy atom. The first-order valence-electron chi connectivity index (χ1n) is 5.53. The molecule has 82 valence electrons. The molecule has 2 rings (SSSR count). The van der Waals surface area contributed by atoms with Crippen LogP contribution in [0.25, 0.3) is 0 Å². The molecule has 3 nitrogen and oxygen atoms in total. The normalized spacial score (nSPS) is 14.8. The van der Waals surface area contributed by atoms with Gasteiger partial charge in [-0.3, -0.25) is 0 Å². The van der Waals surface area contributed by atoms with Crippen molar-refractivity contribution < 1.29 is 14.6 Å². The zero-order valence-electron chi connectivity index (χ0n) is 9.04. The van der Waals surface area contributed by atoms with E-state index in [-0.39, 0.29) is 0 Å². The van der Waals surface area contributed by atoms with E-state index >= 15 is 0 Å². The molecule has 0 bridgehead atoms. The van der Waals surface area contributed by atoms with E-state index < -0.39 is 14.2 Å². The van der Waals surface area contributed by atoms with Crippen LogP contribution >= 0.6 is 0 Å². The van der Waals surface area contributed by atoms with Crippen LogP contribution in [0.5, 0.6) is 0 Å². The molecule has 0 amide bonds. The Labute approximate surface area is 96.0 Å². The van der Waals surface area contributed by atoms with Gasteiger partial charge in [0, 0.05) is 0 Å². The first kappa shape index (κ1) is 11.5. The van der Waals surface area contributed by atoms with Crippen LogP contribution in [0.1, 0.15) is 19.3 Å². The third-order valence-electron chi connectivity index (χ3n) is 2.74. The van der Waals surface area contributed by atoms with Gasteiger partial charge in [-0.1, -0.05) is 36.4 Å². The summed E-state index contributed by atoms with van der Waals surface area (Å²) in [4.78, 5) is 0. The predicted octanol–water partition coefficient (Wildman–Crippen LogP) is 0.521. The van der Waals surface area contributed by atoms with E-state index in [1.165, 1.54) is 0 Å². The van der Waals surface area contributed by atoms with Crippen molar-refractivity contribution in [2.24, 2.45) is 0 Å². The van der Waals surface area contributed by atoms with Gasteiger partial charge in [0.15, 0.2) is 0 Å². The van der Waals surface area contributed by atoms with Crippen LogP contribution in [0.4, 0.5) is 0 Å². The lowest BCUT2D eigenvalue weighted by atomic mass is 9.70. The Kier molecular flexibility index (Phi) is 3.83. The molecule has 1 aliphatic carbocycles. The molecule has 1 aromatic carbocycles. The first-order valence-corrected chi connectivity index (χ1v) is 5.53. The second kappa shape index (κ2) is 5.34. The zero-order valence-corrected chi connectivity index (χ0v) is 9.04. The van der Waals surface area contributed by atoms with E-state index in [0.717, 1.165) is 24.7 Å². The molecular formula is C11H14B2O3. The quantitative estimate of drug-likeness (QED) is 0.721. The molecule has 16 heavy (non-hydrogen) atoms. The minimum atomic E-state index is -1.07. The van der Waals surface area contributed by atoms with Crippen molar-refractivity contribution >= 4 is 19.7 Å². The van der Waals surface area contributed by atoms with Gasteiger partial charge in [0.2, 0.25) is 0 Å². The fourth-order valence-corrected chi connectivity index (χ4v) is 1.83. The van der Waals surface area contributed by atoms with Gasteiger partial charge in [-0.2, -0.15) is 0 Å². The van der Waals surface area contributed by atoms with Crippen molar-refractivity contribution in [2.45, 2.75) is 19.3 Å². The summed E-state index contributed by atoms with van der Waals surface area (Å²) in [7, 11) is -2.06. The monoisotopic (exact) mass is 216 g/mol. The summed E-state index contributed by atoms with van der Waals surface area (Å²) < 4.78 is 5.16. The molecule has 0 spiro atoms. The average molecular weight is 216 g/mol. The van der Waals surface area contributed by atoms with Crippen molar-refractivity contribution in [3.8, 4) is 0 Å². The Balaban J connectivity index is 1.94. The summed E-state index contributed by atoms with van der Waals surface area (Å²) in [6.07, 6.45) is 4.86. The molecule has 1 aliphatic rings. The Bertz CT molecular complexity index is 367. The fourth-order valence-electron chi connectivity index (χ4n) is 1.83. The summed E-state index contributed by atoms with van der Waals surface area (Å²) in [5.41, 5.74) is 1.52. The van der Waals surface area contributed by atoms with Crippen LogP contribution in [0.15, 0.2) is 41.9 Å². The highest BCUT2D eigenvalue weighted by atomic mass is 16.5. The molecule has 2 N–H and O–H groups in total. The minimum Gasteiger partial charge on any atom is -0.443 e. The summed E-state index contributed by atoms with van der Waals surface area (Å²) >= 11 is 0. The summed E-state index contributed by atoms with van der Waals surface area (Å²) in [5.74, 6) is 0. The van der Waals surface area contributed by atoms with Crippen LogP contribution in [0.2, 0.25) is 0 Å². The summed E-state index contributed by atoms with van der Waals surface area (Å²) in [5, 5.41) is 19.5. The van der Waals surface area contributed by atoms with E-state index in [9.17, 15) is 10.0 Å². The van der Waals surface area contributed by atoms with E-state index in [1.807, 2.05) is 24.3 Å². The van der Waals surface area contributed by atoms with E-state index in [4.69, 9.17) is 4.57 Å². The smallest absolute Gasteiger partial charge is 0.443 e. The standard InChI is InChI=1S/C11H14B2O3/c14-12(10-6-2-1-3-7-10)16-13(15)11-8-4-5-9-11/h1-3,6-8,14-15H,4-5,9H2. The number of rotatable bonds is 4. The highest BCUT2D eigenvalue weighted by Crippen LogP contribution is 2.19. The second-order valence-electron chi connectivity index (χ2n) is 3.92. The van der Waals surface area contributed by atoms with Gasteiger partial charge in [-0.05, 0) is 30.2 Å². The molecular weight excluding hydrogens is 202 g/mol. The lowest BCUT2D eigenvalue weighted by molar-refractivity contribution is 0.373. The lowest BCUT2D eigenvalue weighted by Crippen LogP contribution is -2.40. The van der Waals surface area contributed by atoms with E-state index in [0.29, 0.717) is 5.46 Å². The van der Waals surface area contributed by atoms with Crippen molar-refractivity contribution in [3.63, 3.8) is 0 Å². The van der Waals surface area contributed by atoms with Crippen molar-refractivity contribution in [1.82, 2.24) is 0 Å². The van der Waals surface area contributed by atoms with Gasteiger partial charge < -0.3 is 14.6 Å². The number of hydrogen-bond donors (Lipinski definition) is 2. The minimum absolute atomic E-state index is 0.653. The van der Waals surface area contributed by atoms with Crippen LogP contribution < -0.4 is 5.46 Å². The maximum absolute atomic E-state index is 9.74. The van der Waals surface area contributed by atoms with E-state index in [1.54, 1.807) is 12.1 Å². The van der Waals surface area contributed by atoms with Gasteiger partial charge in [-0.25, -0.2) is 0 Å². The zero-order chi connectivity index (χ0) is 11.4. The highest BCUT2D eigenvalue weighted by Gasteiger charge is 2.28. The van der Waals surface area contributed by atoms with Crippen LogP contribution in [0, 0.1) is 0 Å². The highest BCUT2D eigenvalue weighted by molar-refractivity contribution is 6.70. The predicted molar refractivity (Wildman–Crippen MR) is 65.0 cm³/mol. The number of hydrogen-bond acceptors (Lipinski definition) is 3. The molecule has 0 atom stereocenters. The third-order valence-corrected chi connectivity index (χ3v) is 2.74. The number of allylic oxidation sites excluding steroid dienone is 2. The third kappa shape index (κ3) is 2.76. The molecule has 5 heteroatoms. The van der Waals surface area contributed by atoms with Crippen LogP contribution in [-0.2, 0) is 4.57 Å². The maximum Gasteiger partial charge on any atom is 0.477 e. The van der Waals surface area contributed by atoms with Gasteiger partial charge in [0.25, 0.3) is 0 Å². The SMILES string of the molecule is OB(OB(O)c1ccccc1)C1=CCCC1. The van der Waals surface area contributed by atoms with Crippen LogP contribution in [0.3, 0.4) is 0 Å². The first-order chi connectivity index (χ1) is 7.77. The lowest BCUT2D eigenvalue weighted by Gasteiger charge is -2.12. The fraction of sp³-hybridized carbons (Fsp3) is 0.273. The van der Waals surface area contributed by atoms with Crippen LogP contribution in [-0.4, -0.2) is 24.3 Å². The average Bonchev–Trinajstić information content (AvgIpc) is 2.83. The number of benzene rings is 1. The molecule has 0 aliphatic heterocycles. The maximum atomic E-state index is 9.74. The molecule has 0 saturated heterocycles. The molecule has 0 unspecified atom stereocenters. The molecule has 0 radical (unpaired) electrons. The van der Waals surface area contributed by atoms with Gasteiger partial charge >= 0.3 is 14.2 Å². The second-order valence-corrected chi connectivity index (χ2v) is 3.92. The van der Waals surface area contributed by atoms with Gasteiger partial charge in [0.1, 0.15) is 0 Å². The van der Waals surface area contributed by atoms with Crippen molar-refractivity contribution in [1.29, 1.82) is 0 Å². The Morgan fingerprint density at radius 1 is 1.06 bits per heavy atom. The Hall–Kier alpha value is -1.03. The van der Waals surface area contributed by atoms with Gasteiger partial charge in [0.05, 0.1) is 0 Å². The molecule has 0 fully saturated rings. The Morgan fingerprint density at radius 2 is 1.81 bits per heavy atom. The van der Waals surface area contributed by atoms with E-state index in [2.05, 4.69) is 0 Å². The topological polar surface area (TPSA) is 49.7 Å². The molecule has 0 saturated carbocycles. The van der Waals surface area contributed by atoms with Crippen molar-refractivity contribution in [3.05, 3.63) is 41.9 Å². The molecule has 0 aromatic heterocycles. The molecule has 1 aromatic rings.